The molecule has 0 aliphatic carbocycles. The first kappa shape index (κ1) is 10.3. The van der Waals surface area contributed by atoms with Crippen molar-refractivity contribution in [2.24, 2.45) is 0 Å². The van der Waals surface area contributed by atoms with Gasteiger partial charge in [0, 0.05) is 11.7 Å². The topological polar surface area (TPSA) is 64.4 Å². The van der Waals surface area contributed by atoms with Crippen molar-refractivity contribution in [3.05, 3.63) is 34.4 Å². The molecule has 0 fully saturated rings. The normalized spacial score (nSPS) is 9.93. The van der Waals surface area contributed by atoms with Crippen LogP contribution in [0, 0.1) is 10.1 Å². The maximum atomic E-state index is 10.1. The monoisotopic (exact) mass is 196 g/mol. The van der Waals surface area contributed by atoms with Gasteiger partial charge < -0.3 is 5.32 Å². The van der Waals surface area contributed by atoms with Gasteiger partial charge in [0.1, 0.15) is 5.75 Å². The molecule has 0 saturated heterocycles. The van der Waals surface area contributed by atoms with Crippen LogP contribution in [0.4, 0.5) is 5.69 Å². The van der Waals surface area contributed by atoms with Crippen LogP contribution in [0.3, 0.4) is 0 Å². The van der Waals surface area contributed by atoms with Crippen LogP contribution in [0.2, 0.25) is 0 Å². The smallest absolute Gasteiger partial charge is 0.299 e. The number of anilines is 1. The Morgan fingerprint density at radius 3 is 2.79 bits per heavy atom. The third-order valence-corrected chi connectivity index (χ3v) is 1.47. The van der Waals surface area contributed by atoms with E-state index in [4.69, 9.17) is 0 Å². The average Bonchev–Trinajstić information content (AvgIpc) is 2.01. The predicted octanol–water partition coefficient (Wildman–Crippen LogP) is 2.08. The van der Waals surface area contributed by atoms with Gasteiger partial charge in [-0.05, 0) is 32.0 Å². The molecule has 5 nitrogen and oxygen atoms in total. The molecule has 1 rings (SSSR count). The van der Waals surface area contributed by atoms with Gasteiger partial charge in [0.25, 0.3) is 5.09 Å². The lowest BCUT2D eigenvalue weighted by Gasteiger charge is -2.10. The Morgan fingerprint density at radius 1 is 1.50 bits per heavy atom. The van der Waals surface area contributed by atoms with E-state index in [0.717, 1.165) is 5.69 Å². The van der Waals surface area contributed by atoms with Crippen molar-refractivity contribution < 1.29 is 9.92 Å². The molecule has 0 atom stereocenters. The van der Waals surface area contributed by atoms with Gasteiger partial charge in [-0.1, -0.05) is 6.07 Å². The zero-order valence-corrected chi connectivity index (χ0v) is 8.06. The van der Waals surface area contributed by atoms with E-state index in [-0.39, 0.29) is 11.8 Å². The van der Waals surface area contributed by atoms with Crippen molar-refractivity contribution >= 4 is 5.69 Å². The molecule has 0 bridgehead atoms. The summed E-state index contributed by atoms with van der Waals surface area (Å²) in [6, 6.07) is 6.92. The highest BCUT2D eigenvalue weighted by molar-refractivity contribution is 5.48. The summed E-state index contributed by atoms with van der Waals surface area (Å²) in [5.41, 5.74) is 0.805. The van der Waals surface area contributed by atoms with Crippen LogP contribution in [0.5, 0.6) is 5.75 Å². The van der Waals surface area contributed by atoms with E-state index in [2.05, 4.69) is 10.2 Å². The molecule has 14 heavy (non-hydrogen) atoms. The van der Waals surface area contributed by atoms with E-state index in [1.165, 1.54) is 6.07 Å². The Kier molecular flexibility index (Phi) is 3.28. The van der Waals surface area contributed by atoms with Crippen molar-refractivity contribution in [3.8, 4) is 5.75 Å². The van der Waals surface area contributed by atoms with Gasteiger partial charge in [0.15, 0.2) is 0 Å². The molecule has 0 spiro atoms. The largest absolute Gasteiger partial charge is 0.383 e. The molecule has 76 valence electrons. The molecule has 1 aromatic carbocycles. The standard InChI is InChI=1S/C9H12N2O3/c1-7(2)10-8-4-3-5-9(6-8)14-11(12)13/h3-7,10H,1-2H3. The Labute approximate surface area is 81.8 Å². The fraction of sp³-hybridized carbons (Fsp3) is 0.333. The molecule has 0 heterocycles. The number of nitrogens with one attached hydrogen (secondary N) is 1. The molecule has 0 amide bonds. The van der Waals surface area contributed by atoms with Gasteiger partial charge in [-0.2, -0.15) is 0 Å². The second kappa shape index (κ2) is 4.45. The highest BCUT2D eigenvalue weighted by atomic mass is 17.0. The zero-order chi connectivity index (χ0) is 10.6. The van der Waals surface area contributed by atoms with Crippen LogP contribution in [0.1, 0.15) is 13.8 Å². The fourth-order valence-corrected chi connectivity index (χ4v) is 1.06. The molecule has 1 aromatic rings. The SMILES string of the molecule is CC(C)Nc1cccc(O[N+](=O)[O-])c1. The lowest BCUT2D eigenvalue weighted by molar-refractivity contribution is -0.711. The minimum absolute atomic E-state index is 0.223. The van der Waals surface area contributed by atoms with Crippen LogP contribution in [0.15, 0.2) is 24.3 Å². The molecule has 1 N–H and O–H groups in total. The average molecular weight is 196 g/mol. The van der Waals surface area contributed by atoms with E-state index in [1.807, 2.05) is 19.9 Å². The second-order valence-corrected chi connectivity index (χ2v) is 3.14. The van der Waals surface area contributed by atoms with Gasteiger partial charge in [0.05, 0.1) is 0 Å². The van der Waals surface area contributed by atoms with Crippen LogP contribution < -0.4 is 10.2 Å². The predicted molar refractivity (Wildman–Crippen MR) is 52.8 cm³/mol. The highest BCUT2D eigenvalue weighted by Crippen LogP contribution is 2.17. The maximum Gasteiger partial charge on any atom is 0.299 e. The lowest BCUT2D eigenvalue weighted by Crippen LogP contribution is -2.10. The summed E-state index contributed by atoms with van der Waals surface area (Å²) >= 11 is 0. The second-order valence-electron chi connectivity index (χ2n) is 3.14. The molecule has 0 saturated carbocycles. The fourth-order valence-electron chi connectivity index (χ4n) is 1.06. The van der Waals surface area contributed by atoms with Crippen molar-refractivity contribution in [2.75, 3.05) is 5.32 Å². The van der Waals surface area contributed by atoms with Crippen molar-refractivity contribution in [1.82, 2.24) is 0 Å². The number of nitrogens with zero attached hydrogens (tertiary/aromatic N) is 1. The lowest BCUT2D eigenvalue weighted by atomic mass is 10.3. The van der Waals surface area contributed by atoms with Gasteiger partial charge in [-0.25, -0.2) is 0 Å². The Hall–Kier alpha value is -1.78. The molecule has 0 aliphatic rings. The summed E-state index contributed by atoms with van der Waals surface area (Å²) in [5.74, 6) is 0.223. The summed E-state index contributed by atoms with van der Waals surface area (Å²) in [7, 11) is 0. The first-order valence-electron chi connectivity index (χ1n) is 4.27. The van der Waals surface area contributed by atoms with E-state index in [0.29, 0.717) is 0 Å². The summed E-state index contributed by atoms with van der Waals surface area (Å²) in [4.78, 5) is 14.4. The third kappa shape index (κ3) is 3.30. The summed E-state index contributed by atoms with van der Waals surface area (Å²) in [5, 5.41) is 12.4. The van der Waals surface area contributed by atoms with Crippen LogP contribution in [0.25, 0.3) is 0 Å². The molecular formula is C9H12N2O3. The Balaban J connectivity index is 2.73. The van der Waals surface area contributed by atoms with Crippen LogP contribution in [-0.2, 0) is 0 Å². The first-order valence-corrected chi connectivity index (χ1v) is 4.27. The van der Waals surface area contributed by atoms with Crippen LogP contribution in [-0.4, -0.2) is 11.1 Å². The molecule has 0 unspecified atom stereocenters. The molecule has 5 heteroatoms. The Bertz CT molecular complexity index is 326. The minimum Gasteiger partial charge on any atom is -0.383 e. The van der Waals surface area contributed by atoms with Gasteiger partial charge in [0.2, 0.25) is 0 Å². The van der Waals surface area contributed by atoms with Gasteiger partial charge >= 0.3 is 0 Å². The first-order chi connectivity index (χ1) is 6.58. The maximum absolute atomic E-state index is 10.1. The molecule has 0 aromatic heterocycles. The molecular weight excluding hydrogens is 184 g/mol. The van der Waals surface area contributed by atoms with Gasteiger partial charge in [-0.15, -0.1) is 10.1 Å². The number of benzene rings is 1. The highest BCUT2D eigenvalue weighted by Gasteiger charge is 2.01. The van der Waals surface area contributed by atoms with E-state index in [9.17, 15) is 10.1 Å². The van der Waals surface area contributed by atoms with Crippen molar-refractivity contribution in [1.29, 1.82) is 0 Å². The van der Waals surface area contributed by atoms with Crippen molar-refractivity contribution in [3.63, 3.8) is 0 Å². The third-order valence-electron chi connectivity index (χ3n) is 1.47. The zero-order valence-electron chi connectivity index (χ0n) is 8.06. The molecule has 0 aliphatic heterocycles. The van der Waals surface area contributed by atoms with E-state index >= 15 is 0 Å². The number of hydrogen-bond acceptors (Lipinski definition) is 4. The van der Waals surface area contributed by atoms with E-state index in [1.54, 1.807) is 12.1 Å². The molecule has 0 radical (unpaired) electrons. The quantitative estimate of drug-likeness (QED) is 0.591. The number of rotatable bonds is 4. The summed E-state index contributed by atoms with van der Waals surface area (Å²) in [6.07, 6.45) is 0. The Morgan fingerprint density at radius 2 is 2.21 bits per heavy atom. The van der Waals surface area contributed by atoms with E-state index < -0.39 is 5.09 Å². The number of hydrogen-bond donors (Lipinski definition) is 1. The minimum atomic E-state index is -0.825. The van der Waals surface area contributed by atoms with Gasteiger partial charge in [-0.3, -0.25) is 4.84 Å². The van der Waals surface area contributed by atoms with Crippen LogP contribution >= 0.6 is 0 Å². The summed E-state index contributed by atoms with van der Waals surface area (Å²) in [6.45, 7) is 3.97. The summed E-state index contributed by atoms with van der Waals surface area (Å²) < 4.78 is 0. The van der Waals surface area contributed by atoms with Crippen molar-refractivity contribution in [2.45, 2.75) is 19.9 Å².